The van der Waals surface area contributed by atoms with Crippen LogP contribution in [0.5, 0.6) is 0 Å². The molecule has 2 aliphatic rings. The molecule has 1 aliphatic heterocycles. The smallest absolute Gasteiger partial charge is 0.223 e. The van der Waals surface area contributed by atoms with Crippen LogP contribution >= 0.6 is 0 Å². The third kappa shape index (κ3) is 3.97. The molecule has 3 nitrogen and oxygen atoms in total. The van der Waals surface area contributed by atoms with Gasteiger partial charge < -0.3 is 10.6 Å². The van der Waals surface area contributed by atoms with Crippen LogP contribution < -0.4 is 5.73 Å². The highest BCUT2D eigenvalue weighted by Crippen LogP contribution is 2.39. The minimum atomic E-state index is 0.117. The quantitative estimate of drug-likeness (QED) is 0.840. The third-order valence-corrected chi connectivity index (χ3v) is 5.32. The summed E-state index contributed by atoms with van der Waals surface area (Å²) < 4.78 is 0. The van der Waals surface area contributed by atoms with Crippen molar-refractivity contribution in [2.45, 2.75) is 65.2 Å². The molecule has 116 valence electrons. The first-order valence-electron chi connectivity index (χ1n) is 8.52. The Morgan fingerprint density at radius 3 is 2.60 bits per heavy atom. The van der Waals surface area contributed by atoms with Gasteiger partial charge in [-0.25, -0.2) is 0 Å². The van der Waals surface area contributed by atoms with E-state index in [1.165, 1.54) is 32.1 Å². The van der Waals surface area contributed by atoms with Crippen molar-refractivity contribution in [3.63, 3.8) is 0 Å². The van der Waals surface area contributed by atoms with E-state index in [2.05, 4.69) is 18.7 Å². The summed E-state index contributed by atoms with van der Waals surface area (Å²) >= 11 is 0. The number of nitrogens with two attached hydrogens (primary N) is 1. The number of nitrogens with zero attached hydrogens (tertiary/aromatic N) is 1. The van der Waals surface area contributed by atoms with Gasteiger partial charge in [0.2, 0.25) is 5.91 Å². The van der Waals surface area contributed by atoms with Crippen molar-refractivity contribution in [3.05, 3.63) is 0 Å². The molecule has 2 N–H and O–H groups in total. The Morgan fingerprint density at radius 2 is 2.00 bits per heavy atom. The molecule has 0 radical (unpaired) electrons. The predicted octanol–water partition coefficient (Wildman–Crippen LogP) is 3.18. The monoisotopic (exact) mass is 280 g/mol. The van der Waals surface area contributed by atoms with Crippen molar-refractivity contribution in [2.75, 3.05) is 19.6 Å². The number of rotatable bonds is 5. The van der Waals surface area contributed by atoms with Gasteiger partial charge in [0, 0.05) is 19.5 Å². The topological polar surface area (TPSA) is 46.3 Å². The van der Waals surface area contributed by atoms with Gasteiger partial charge in [-0.2, -0.15) is 0 Å². The summed E-state index contributed by atoms with van der Waals surface area (Å²) in [6, 6.07) is 0. The van der Waals surface area contributed by atoms with Crippen molar-refractivity contribution in [2.24, 2.45) is 23.0 Å². The van der Waals surface area contributed by atoms with Crippen LogP contribution in [0.15, 0.2) is 0 Å². The van der Waals surface area contributed by atoms with Gasteiger partial charge in [-0.15, -0.1) is 0 Å². The number of likely N-dealkylation sites (tertiary alicyclic amines) is 1. The summed E-state index contributed by atoms with van der Waals surface area (Å²) in [5.74, 6) is 1.83. The van der Waals surface area contributed by atoms with Crippen LogP contribution in [0.4, 0.5) is 0 Å². The van der Waals surface area contributed by atoms with Gasteiger partial charge in [0.25, 0.3) is 0 Å². The minimum Gasteiger partial charge on any atom is -0.342 e. The largest absolute Gasteiger partial charge is 0.342 e. The Hall–Kier alpha value is -0.570. The lowest BCUT2D eigenvalue weighted by Crippen LogP contribution is -2.39. The molecule has 0 bridgehead atoms. The highest BCUT2D eigenvalue weighted by Gasteiger charge is 2.36. The van der Waals surface area contributed by atoms with Gasteiger partial charge in [-0.3, -0.25) is 4.79 Å². The average Bonchev–Trinajstić information content (AvgIpc) is 2.87. The fraction of sp³-hybridized carbons (Fsp3) is 0.941. The molecule has 1 saturated heterocycles. The second-order valence-electron chi connectivity index (χ2n) is 7.57. The molecule has 1 aliphatic carbocycles. The molecule has 1 amide bonds. The number of hydrogen-bond acceptors (Lipinski definition) is 2. The van der Waals surface area contributed by atoms with Crippen LogP contribution in [0.1, 0.15) is 65.2 Å². The summed E-state index contributed by atoms with van der Waals surface area (Å²) in [6.45, 7) is 7.18. The van der Waals surface area contributed by atoms with Gasteiger partial charge in [-0.05, 0) is 49.5 Å². The molecule has 1 heterocycles. The lowest BCUT2D eigenvalue weighted by atomic mass is 9.71. The van der Waals surface area contributed by atoms with E-state index in [0.717, 1.165) is 37.8 Å². The molecular formula is C17H32N2O. The Kier molecular flexibility index (Phi) is 5.48. The van der Waals surface area contributed by atoms with Crippen molar-refractivity contribution in [1.29, 1.82) is 0 Å². The van der Waals surface area contributed by atoms with Crippen molar-refractivity contribution in [1.82, 2.24) is 4.90 Å². The Bertz CT molecular complexity index is 321. The zero-order valence-corrected chi connectivity index (χ0v) is 13.4. The SMILES string of the molecule is CC(C)CC1CCN(C(=O)CC2(CN)CCCCC2)C1. The maximum atomic E-state index is 12.6. The van der Waals surface area contributed by atoms with Crippen LogP contribution in [-0.4, -0.2) is 30.4 Å². The molecule has 0 aromatic heterocycles. The molecule has 1 saturated carbocycles. The van der Waals surface area contributed by atoms with E-state index in [-0.39, 0.29) is 5.41 Å². The minimum absolute atomic E-state index is 0.117. The molecule has 0 aromatic carbocycles. The summed E-state index contributed by atoms with van der Waals surface area (Å²) in [4.78, 5) is 14.7. The number of carbonyl (C=O) groups is 1. The van der Waals surface area contributed by atoms with Gasteiger partial charge >= 0.3 is 0 Å². The molecule has 0 spiro atoms. The molecular weight excluding hydrogens is 248 g/mol. The molecule has 0 aromatic rings. The zero-order valence-electron chi connectivity index (χ0n) is 13.4. The lowest BCUT2D eigenvalue weighted by Gasteiger charge is -2.36. The molecule has 20 heavy (non-hydrogen) atoms. The van der Waals surface area contributed by atoms with Gasteiger partial charge in [0.15, 0.2) is 0 Å². The maximum Gasteiger partial charge on any atom is 0.223 e. The number of amides is 1. The molecule has 1 atom stereocenters. The van der Waals surface area contributed by atoms with E-state index in [0.29, 0.717) is 18.9 Å². The van der Waals surface area contributed by atoms with Crippen LogP contribution in [0, 0.1) is 17.3 Å². The van der Waals surface area contributed by atoms with Gasteiger partial charge in [-0.1, -0.05) is 33.1 Å². The molecule has 2 rings (SSSR count). The first-order chi connectivity index (χ1) is 9.54. The van der Waals surface area contributed by atoms with E-state index in [9.17, 15) is 4.79 Å². The van der Waals surface area contributed by atoms with E-state index in [1.807, 2.05) is 0 Å². The fourth-order valence-electron chi connectivity index (χ4n) is 4.11. The zero-order chi connectivity index (χ0) is 14.6. The van der Waals surface area contributed by atoms with E-state index in [4.69, 9.17) is 5.73 Å². The lowest BCUT2D eigenvalue weighted by molar-refractivity contribution is -0.133. The summed E-state index contributed by atoms with van der Waals surface area (Å²) in [7, 11) is 0. The van der Waals surface area contributed by atoms with Crippen LogP contribution in [0.25, 0.3) is 0 Å². The van der Waals surface area contributed by atoms with E-state index >= 15 is 0 Å². The summed E-state index contributed by atoms with van der Waals surface area (Å²) in [5.41, 5.74) is 6.12. The van der Waals surface area contributed by atoms with Crippen LogP contribution in [0.3, 0.4) is 0 Å². The Morgan fingerprint density at radius 1 is 1.30 bits per heavy atom. The van der Waals surface area contributed by atoms with Crippen molar-refractivity contribution >= 4 is 5.91 Å². The normalized spacial score (nSPS) is 26.2. The highest BCUT2D eigenvalue weighted by molar-refractivity contribution is 5.77. The van der Waals surface area contributed by atoms with E-state index < -0.39 is 0 Å². The van der Waals surface area contributed by atoms with Crippen LogP contribution in [-0.2, 0) is 4.79 Å². The molecule has 2 fully saturated rings. The van der Waals surface area contributed by atoms with Crippen LogP contribution in [0.2, 0.25) is 0 Å². The Labute approximate surface area is 124 Å². The Balaban J connectivity index is 1.85. The van der Waals surface area contributed by atoms with Crippen molar-refractivity contribution < 1.29 is 4.79 Å². The molecule has 3 heteroatoms. The maximum absolute atomic E-state index is 12.6. The second kappa shape index (κ2) is 6.93. The first kappa shape index (κ1) is 15.8. The van der Waals surface area contributed by atoms with Gasteiger partial charge in [0.1, 0.15) is 0 Å². The fourth-order valence-corrected chi connectivity index (χ4v) is 4.11. The second-order valence-corrected chi connectivity index (χ2v) is 7.57. The summed E-state index contributed by atoms with van der Waals surface area (Å²) in [5, 5.41) is 0. The average molecular weight is 280 g/mol. The number of carbonyl (C=O) groups excluding carboxylic acids is 1. The third-order valence-electron chi connectivity index (χ3n) is 5.32. The first-order valence-corrected chi connectivity index (χ1v) is 8.52. The predicted molar refractivity (Wildman–Crippen MR) is 83.3 cm³/mol. The highest BCUT2D eigenvalue weighted by atomic mass is 16.2. The summed E-state index contributed by atoms with van der Waals surface area (Å²) in [6.07, 6.45) is 9.26. The molecule has 1 unspecified atom stereocenters. The standard InChI is InChI=1S/C17H32N2O/c1-14(2)10-15-6-9-19(12-15)16(20)11-17(13-18)7-4-3-5-8-17/h14-15H,3-13,18H2,1-2H3. The van der Waals surface area contributed by atoms with Crippen molar-refractivity contribution in [3.8, 4) is 0 Å². The van der Waals surface area contributed by atoms with E-state index in [1.54, 1.807) is 0 Å². The van der Waals surface area contributed by atoms with Gasteiger partial charge in [0.05, 0.1) is 0 Å². The number of hydrogen-bond donors (Lipinski definition) is 1.